The summed E-state index contributed by atoms with van der Waals surface area (Å²) < 4.78 is 5.34. The van der Waals surface area contributed by atoms with E-state index in [1.807, 2.05) is 54.8 Å². The Balaban J connectivity index is 1.94. The van der Waals surface area contributed by atoms with Gasteiger partial charge in [0.25, 0.3) is 5.91 Å². The van der Waals surface area contributed by atoms with Crippen molar-refractivity contribution >= 4 is 22.4 Å². The molecule has 25 heavy (non-hydrogen) atoms. The van der Waals surface area contributed by atoms with Gasteiger partial charge >= 0.3 is 0 Å². The van der Waals surface area contributed by atoms with Gasteiger partial charge in [0.15, 0.2) is 5.13 Å². The Morgan fingerprint density at radius 3 is 2.56 bits per heavy atom. The van der Waals surface area contributed by atoms with Gasteiger partial charge in [0.05, 0.1) is 18.4 Å². The highest BCUT2D eigenvalue weighted by Gasteiger charge is 2.22. The van der Waals surface area contributed by atoms with Crippen LogP contribution in [-0.2, 0) is 0 Å². The van der Waals surface area contributed by atoms with Crippen LogP contribution in [0.15, 0.2) is 60.0 Å². The van der Waals surface area contributed by atoms with E-state index in [1.165, 1.54) is 11.3 Å². The van der Waals surface area contributed by atoms with E-state index < -0.39 is 0 Å². The van der Waals surface area contributed by atoms with E-state index in [2.05, 4.69) is 4.98 Å². The lowest BCUT2D eigenvalue weighted by atomic mass is 10.1. The Morgan fingerprint density at radius 1 is 1.12 bits per heavy atom. The van der Waals surface area contributed by atoms with E-state index in [4.69, 9.17) is 4.74 Å². The maximum absolute atomic E-state index is 13.1. The van der Waals surface area contributed by atoms with Crippen LogP contribution in [0.5, 0.6) is 5.75 Å². The largest absolute Gasteiger partial charge is 0.496 e. The fourth-order valence-corrected chi connectivity index (χ4v) is 3.46. The monoisotopic (exact) mass is 352 g/mol. The number of ether oxygens (including phenoxy) is 1. The number of carbonyl (C=O) groups excluding carboxylic acids is 1. The van der Waals surface area contributed by atoms with Crippen molar-refractivity contribution in [3.8, 4) is 17.0 Å². The molecule has 3 rings (SSSR count). The molecule has 0 fully saturated rings. The molecule has 1 amide bonds. The Kier molecular flexibility index (Phi) is 5.46. The zero-order valence-electron chi connectivity index (χ0n) is 14.3. The SMILES string of the molecule is CCCN(C(=O)c1ccccc1OC)c1nc(-c2ccccc2)cs1. The molecule has 4 nitrogen and oxygen atoms in total. The third kappa shape index (κ3) is 3.72. The smallest absolute Gasteiger partial charge is 0.263 e. The Bertz CT molecular complexity index is 846. The molecule has 0 N–H and O–H groups in total. The molecule has 0 bridgehead atoms. The van der Waals surface area contributed by atoms with Crippen LogP contribution in [0.4, 0.5) is 5.13 Å². The molecule has 0 aliphatic rings. The highest BCUT2D eigenvalue weighted by Crippen LogP contribution is 2.30. The predicted octanol–water partition coefficient (Wildman–Crippen LogP) is 4.88. The first-order valence-electron chi connectivity index (χ1n) is 8.20. The minimum Gasteiger partial charge on any atom is -0.496 e. The van der Waals surface area contributed by atoms with Gasteiger partial charge in [-0.25, -0.2) is 4.98 Å². The van der Waals surface area contributed by atoms with Crippen molar-refractivity contribution in [3.63, 3.8) is 0 Å². The molecule has 0 unspecified atom stereocenters. The number of benzene rings is 2. The number of aromatic nitrogens is 1. The molecule has 128 valence electrons. The first-order chi connectivity index (χ1) is 12.2. The van der Waals surface area contributed by atoms with Crippen molar-refractivity contribution in [1.82, 2.24) is 4.98 Å². The van der Waals surface area contributed by atoms with Crippen LogP contribution in [0.1, 0.15) is 23.7 Å². The van der Waals surface area contributed by atoms with Crippen LogP contribution in [0.25, 0.3) is 11.3 Å². The van der Waals surface area contributed by atoms with Gasteiger partial charge in [-0.05, 0) is 18.6 Å². The maximum Gasteiger partial charge on any atom is 0.263 e. The number of amides is 1. The van der Waals surface area contributed by atoms with Gasteiger partial charge in [-0.1, -0.05) is 49.4 Å². The number of carbonyl (C=O) groups is 1. The first kappa shape index (κ1) is 17.2. The van der Waals surface area contributed by atoms with E-state index in [0.29, 0.717) is 23.0 Å². The molecule has 0 saturated carbocycles. The second-order valence-electron chi connectivity index (χ2n) is 5.54. The lowest BCUT2D eigenvalue weighted by Crippen LogP contribution is -2.31. The molecular formula is C20H20N2O2S. The van der Waals surface area contributed by atoms with Gasteiger partial charge in [0.1, 0.15) is 5.75 Å². The van der Waals surface area contributed by atoms with Gasteiger partial charge in [-0.2, -0.15) is 0 Å². The fourth-order valence-electron chi connectivity index (χ4n) is 2.60. The average molecular weight is 352 g/mol. The number of methoxy groups -OCH3 is 1. The zero-order valence-corrected chi connectivity index (χ0v) is 15.1. The van der Waals surface area contributed by atoms with Crippen molar-refractivity contribution < 1.29 is 9.53 Å². The Hall–Kier alpha value is -2.66. The topological polar surface area (TPSA) is 42.4 Å². The molecule has 0 aliphatic heterocycles. The molecular weight excluding hydrogens is 332 g/mol. The zero-order chi connectivity index (χ0) is 17.6. The number of nitrogens with zero attached hydrogens (tertiary/aromatic N) is 2. The summed E-state index contributed by atoms with van der Waals surface area (Å²) in [7, 11) is 1.58. The Labute approximate surface area is 151 Å². The average Bonchev–Trinajstić information content (AvgIpc) is 3.16. The summed E-state index contributed by atoms with van der Waals surface area (Å²) >= 11 is 1.48. The number of hydrogen-bond donors (Lipinski definition) is 0. The molecule has 5 heteroatoms. The molecule has 0 radical (unpaired) electrons. The Morgan fingerprint density at radius 2 is 1.84 bits per heavy atom. The number of hydrogen-bond acceptors (Lipinski definition) is 4. The van der Waals surface area contributed by atoms with E-state index in [9.17, 15) is 4.79 Å². The first-order valence-corrected chi connectivity index (χ1v) is 9.08. The highest BCUT2D eigenvalue weighted by molar-refractivity contribution is 7.14. The minimum absolute atomic E-state index is 0.0896. The van der Waals surface area contributed by atoms with Gasteiger partial charge in [-0.3, -0.25) is 9.69 Å². The summed E-state index contributed by atoms with van der Waals surface area (Å²) in [6, 6.07) is 17.3. The minimum atomic E-state index is -0.0896. The highest BCUT2D eigenvalue weighted by atomic mass is 32.1. The molecule has 2 aromatic carbocycles. The summed E-state index contributed by atoms with van der Waals surface area (Å²) in [5.41, 5.74) is 2.48. The lowest BCUT2D eigenvalue weighted by molar-refractivity contribution is 0.0984. The van der Waals surface area contributed by atoms with Crippen LogP contribution < -0.4 is 9.64 Å². The van der Waals surface area contributed by atoms with Crippen LogP contribution in [0.3, 0.4) is 0 Å². The maximum atomic E-state index is 13.1. The van der Waals surface area contributed by atoms with Crippen molar-refractivity contribution in [2.45, 2.75) is 13.3 Å². The number of para-hydroxylation sites is 1. The van der Waals surface area contributed by atoms with Crippen molar-refractivity contribution in [3.05, 3.63) is 65.5 Å². The van der Waals surface area contributed by atoms with Gasteiger partial charge < -0.3 is 4.74 Å². The number of anilines is 1. The third-order valence-corrected chi connectivity index (χ3v) is 4.69. The quantitative estimate of drug-likeness (QED) is 0.635. The standard InChI is InChI=1S/C20H20N2O2S/c1-3-13-22(19(23)16-11-7-8-12-18(16)24-2)20-21-17(14-25-20)15-9-5-4-6-10-15/h4-12,14H,3,13H2,1-2H3. The molecule has 3 aromatic rings. The molecule has 0 aliphatic carbocycles. The van der Waals surface area contributed by atoms with Crippen molar-refractivity contribution in [2.75, 3.05) is 18.6 Å². The lowest BCUT2D eigenvalue weighted by Gasteiger charge is -2.20. The summed E-state index contributed by atoms with van der Waals surface area (Å²) in [6.07, 6.45) is 0.848. The van der Waals surface area contributed by atoms with Crippen LogP contribution >= 0.6 is 11.3 Å². The van der Waals surface area contributed by atoms with Crippen molar-refractivity contribution in [2.24, 2.45) is 0 Å². The molecule has 1 heterocycles. The number of rotatable bonds is 6. The number of thiazole rings is 1. The van der Waals surface area contributed by atoms with Crippen LogP contribution in [-0.4, -0.2) is 24.5 Å². The molecule has 0 spiro atoms. The van der Waals surface area contributed by atoms with E-state index >= 15 is 0 Å². The van der Waals surface area contributed by atoms with Gasteiger partial charge in [0, 0.05) is 17.5 Å². The second-order valence-corrected chi connectivity index (χ2v) is 6.37. The normalized spacial score (nSPS) is 10.5. The van der Waals surface area contributed by atoms with Crippen LogP contribution in [0.2, 0.25) is 0 Å². The summed E-state index contributed by atoms with van der Waals surface area (Å²) in [4.78, 5) is 19.5. The summed E-state index contributed by atoms with van der Waals surface area (Å²) in [5, 5.41) is 2.69. The van der Waals surface area contributed by atoms with Gasteiger partial charge in [0.2, 0.25) is 0 Å². The summed E-state index contributed by atoms with van der Waals surface area (Å²) in [5.74, 6) is 0.488. The van der Waals surface area contributed by atoms with E-state index in [-0.39, 0.29) is 5.91 Å². The van der Waals surface area contributed by atoms with E-state index in [1.54, 1.807) is 24.1 Å². The van der Waals surface area contributed by atoms with Gasteiger partial charge in [-0.15, -0.1) is 11.3 Å². The summed E-state index contributed by atoms with van der Waals surface area (Å²) in [6.45, 7) is 2.66. The van der Waals surface area contributed by atoms with Crippen LogP contribution in [0, 0.1) is 0 Å². The van der Waals surface area contributed by atoms with Crippen molar-refractivity contribution in [1.29, 1.82) is 0 Å². The molecule has 1 aromatic heterocycles. The second kappa shape index (κ2) is 7.94. The third-order valence-electron chi connectivity index (χ3n) is 3.82. The fraction of sp³-hybridized carbons (Fsp3) is 0.200. The predicted molar refractivity (Wildman–Crippen MR) is 103 cm³/mol. The molecule has 0 saturated heterocycles. The molecule has 0 atom stereocenters. The van der Waals surface area contributed by atoms with E-state index in [0.717, 1.165) is 17.7 Å².